The Hall–Kier alpha value is -0.860. The lowest BCUT2D eigenvalue weighted by molar-refractivity contribution is 0.0694. The Morgan fingerprint density at radius 2 is 1.95 bits per heavy atom. The summed E-state index contributed by atoms with van der Waals surface area (Å²) in [6, 6.07) is 11.5. The standard InChI is InChI=1S/C17H28N2/c1-13(2)17(15-7-5-4-6-8-15)19-10-9-14(3)16(11-18)12-19/h4-8,13-14,16-17H,9-12,18H2,1-3H3. The van der Waals surface area contributed by atoms with Crippen molar-refractivity contribution < 1.29 is 0 Å². The van der Waals surface area contributed by atoms with Crippen molar-refractivity contribution in [3.63, 3.8) is 0 Å². The first-order chi connectivity index (χ1) is 9.13. The summed E-state index contributed by atoms with van der Waals surface area (Å²) in [6.07, 6.45) is 1.28. The number of nitrogens with two attached hydrogens (primary N) is 1. The molecule has 0 spiro atoms. The summed E-state index contributed by atoms with van der Waals surface area (Å²) in [7, 11) is 0. The second-order valence-electron chi connectivity index (χ2n) is 6.36. The van der Waals surface area contributed by atoms with Crippen LogP contribution in [0.2, 0.25) is 0 Å². The monoisotopic (exact) mass is 260 g/mol. The summed E-state index contributed by atoms with van der Waals surface area (Å²) in [5.41, 5.74) is 7.39. The van der Waals surface area contributed by atoms with Crippen LogP contribution in [0.25, 0.3) is 0 Å². The minimum atomic E-state index is 0.530. The second-order valence-corrected chi connectivity index (χ2v) is 6.36. The number of rotatable bonds is 4. The molecular weight excluding hydrogens is 232 g/mol. The fourth-order valence-electron chi connectivity index (χ4n) is 3.40. The molecule has 1 aliphatic rings. The number of piperidine rings is 1. The van der Waals surface area contributed by atoms with Crippen molar-refractivity contribution in [3.8, 4) is 0 Å². The summed E-state index contributed by atoms with van der Waals surface area (Å²) in [5.74, 6) is 2.05. The molecular formula is C17H28N2. The Bertz CT molecular complexity index is 374. The summed E-state index contributed by atoms with van der Waals surface area (Å²) in [6.45, 7) is 10.2. The van der Waals surface area contributed by atoms with Gasteiger partial charge in [0.15, 0.2) is 0 Å². The van der Waals surface area contributed by atoms with Crippen LogP contribution < -0.4 is 5.73 Å². The Morgan fingerprint density at radius 1 is 1.26 bits per heavy atom. The predicted octanol–water partition coefficient (Wildman–Crippen LogP) is 3.30. The van der Waals surface area contributed by atoms with Gasteiger partial charge in [0.25, 0.3) is 0 Å². The Morgan fingerprint density at radius 3 is 2.53 bits per heavy atom. The zero-order chi connectivity index (χ0) is 13.8. The predicted molar refractivity (Wildman–Crippen MR) is 81.9 cm³/mol. The molecule has 106 valence electrons. The Labute approximate surface area is 118 Å². The van der Waals surface area contributed by atoms with Crippen LogP contribution in [0, 0.1) is 17.8 Å². The number of hydrogen-bond donors (Lipinski definition) is 1. The zero-order valence-electron chi connectivity index (χ0n) is 12.5. The zero-order valence-corrected chi connectivity index (χ0v) is 12.5. The maximum absolute atomic E-state index is 5.94. The van der Waals surface area contributed by atoms with E-state index in [1.54, 1.807) is 0 Å². The van der Waals surface area contributed by atoms with Gasteiger partial charge in [-0.3, -0.25) is 4.90 Å². The number of likely N-dealkylation sites (tertiary alicyclic amines) is 1. The van der Waals surface area contributed by atoms with Crippen LogP contribution in [-0.4, -0.2) is 24.5 Å². The van der Waals surface area contributed by atoms with Gasteiger partial charge in [0.05, 0.1) is 0 Å². The van der Waals surface area contributed by atoms with E-state index in [-0.39, 0.29) is 0 Å². The Kier molecular flexibility index (Phi) is 5.00. The summed E-state index contributed by atoms with van der Waals surface area (Å²) in [5, 5.41) is 0. The molecule has 2 nitrogen and oxygen atoms in total. The molecule has 2 rings (SSSR count). The molecule has 1 heterocycles. The smallest absolute Gasteiger partial charge is 0.0371 e. The van der Waals surface area contributed by atoms with Crippen molar-refractivity contribution in [2.45, 2.75) is 33.2 Å². The van der Waals surface area contributed by atoms with E-state index in [2.05, 4.69) is 56.0 Å². The van der Waals surface area contributed by atoms with E-state index in [9.17, 15) is 0 Å². The molecule has 0 saturated carbocycles. The third-order valence-corrected chi connectivity index (χ3v) is 4.61. The second kappa shape index (κ2) is 6.53. The van der Waals surface area contributed by atoms with E-state index in [0.29, 0.717) is 17.9 Å². The first-order valence-electron chi connectivity index (χ1n) is 7.62. The summed E-state index contributed by atoms with van der Waals surface area (Å²) in [4.78, 5) is 2.65. The van der Waals surface area contributed by atoms with Crippen LogP contribution in [0.5, 0.6) is 0 Å². The molecule has 0 aromatic heterocycles. The van der Waals surface area contributed by atoms with Gasteiger partial charge < -0.3 is 5.73 Å². The maximum Gasteiger partial charge on any atom is 0.0371 e. The van der Waals surface area contributed by atoms with Gasteiger partial charge in [-0.1, -0.05) is 51.1 Å². The molecule has 1 saturated heterocycles. The third kappa shape index (κ3) is 3.37. The van der Waals surface area contributed by atoms with Gasteiger partial charge in [-0.2, -0.15) is 0 Å². The molecule has 19 heavy (non-hydrogen) atoms. The lowest BCUT2D eigenvalue weighted by Crippen LogP contribution is -2.45. The van der Waals surface area contributed by atoms with E-state index in [0.717, 1.165) is 19.0 Å². The van der Waals surface area contributed by atoms with Gasteiger partial charge >= 0.3 is 0 Å². The quantitative estimate of drug-likeness (QED) is 0.900. The minimum absolute atomic E-state index is 0.530. The summed E-state index contributed by atoms with van der Waals surface area (Å²) >= 11 is 0. The highest BCUT2D eigenvalue weighted by Crippen LogP contribution is 2.33. The van der Waals surface area contributed by atoms with Crippen LogP contribution in [0.15, 0.2) is 30.3 Å². The van der Waals surface area contributed by atoms with E-state index >= 15 is 0 Å². The average molecular weight is 260 g/mol. The van der Waals surface area contributed by atoms with Crippen molar-refractivity contribution >= 4 is 0 Å². The normalized spacial score (nSPS) is 26.6. The molecule has 1 aliphatic heterocycles. The highest BCUT2D eigenvalue weighted by Gasteiger charge is 2.31. The van der Waals surface area contributed by atoms with Crippen LogP contribution in [0.4, 0.5) is 0 Å². The maximum atomic E-state index is 5.94. The van der Waals surface area contributed by atoms with E-state index in [1.807, 2.05) is 0 Å². The fourth-order valence-corrected chi connectivity index (χ4v) is 3.40. The molecule has 1 aromatic carbocycles. The van der Waals surface area contributed by atoms with E-state index < -0.39 is 0 Å². The Balaban J connectivity index is 2.16. The molecule has 3 unspecified atom stereocenters. The van der Waals surface area contributed by atoms with E-state index in [1.165, 1.54) is 18.5 Å². The first kappa shape index (κ1) is 14.5. The minimum Gasteiger partial charge on any atom is -0.330 e. The average Bonchev–Trinajstić information content (AvgIpc) is 2.41. The van der Waals surface area contributed by atoms with Crippen LogP contribution in [0.3, 0.4) is 0 Å². The highest BCUT2D eigenvalue weighted by atomic mass is 15.2. The van der Waals surface area contributed by atoms with Crippen molar-refractivity contribution in [1.29, 1.82) is 0 Å². The van der Waals surface area contributed by atoms with Crippen LogP contribution in [0.1, 0.15) is 38.8 Å². The number of benzene rings is 1. The topological polar surface area (TPSA) is 29.3 Å². The SMILES string of the molecule is CC(C)C(c1ccccc1)N1CCC(C)C(CN)C1. The van der Waals surface area contributed by atoms with Gasteiger partial charge in [0, 0.05) is 12.6 Å². The third-order valence-electron chi connectivity index (χ3n) is 4.61. The first-order valence-corrected chi connectivity index (χ1v) is 7.62. The van der Waals surface area contributed by atoms with Gasteiger partial charge in [-0.25, -0.2) is 0 Å². The number of nitrogens with zero attached hydrogens (tertiary/aromatic N) is 1. The molecule has 0 radical (unpaired) electrons. The number of hydrogen-bond acceptors (Lipinski definition) is 2. The van der Waals surface area contributed by atoms with Crippen LogP contribution >= 0.6 is 0 Å². The molecule has 1 aromatic rings. The van der Waals surface area contributed by atoms with Gasteiger partial charge in [-0.15, -0.1) is 0 Å². The molecule has 2 N–H and O–H groups in total. The highest BCUT2D eigenvalue weighted by molar-refractivity contribution is 5.19. The van der Waals surface area contributed by atoms with E-state index in [4.69, 9.17) is 5.73 Å². The summed E-state index contributed by atoms with van der Waals surface area (Å²) < 4.78 is 0. The molecule has 0 aliphatic carbocycles. The van der Waals surface area contributed by atoms with Gasteiger partial charge in [0.2, 0.25) is 0 Å². The largest absolute Gasteiger partial charge is 0.330 e. The molecule has 1 fully saturated rings. The fraction of sp³-hybridized carbons (Fsp3) is 0.647. The lowest BCUT2D eigenvalue weighted by Gasteiger charge is -2.42. The van der Waals surface area contributed by atoms with Crippen molar-refractivity contribution in [2.75, 3.05) is 19.6 Å². The van der Waals surface area contributed by atoms with Crippen molar-refractivity contribution in [2.24, 2.45) is 23.5 Å². The van der Waals surface area contributed by atoms with Gasteiger partial charge in [0.1, 0.15) is 0 Å². The molecule has 0 bridgehead atoms. The lowest BCUT2D eigenvalue weighted by atomic mass is 9.84. The van der Waals surface area contributed by atoms with Gasteiger partial charge in [-0.05, 0) is 42.8 Å². The molecule has 3 atom stereocenters. The molecule has 2 heteroatoms. The van der Waals surface area contributed by atoms with Crippen molar-refractivity contribution in [1.82, 2.24) is 4.90 Å². The van der Waals surface area contributed by atoms with Crippen molar-refractivity contribution in [3.05, 3.63) is 35.9 Å². The van der Waals surface area contributed by atoms with Crippen LogP contribution in [-0.2, 0) is 0 Å². The molecule has 0 amide bonds.